The number of nitrogens with one attached hydrogen (secondary N) is 2. The lowest BCUT2D eigenvalue weighted by molar-refractivity contribution is -0.118. The minimum atomic E-state index is -3.96. The fraction of sp³-hybridized carbons (Fsp3) is 0.118. The van der Waals surface area contributed by atoms with Crippen molar-refractivity contribution in [3.05, 3.63) is 60.2 Å². The SMILES string of the molecule is O=C[C@H](Cc1ccccc1)NC(=O)C1=NS(=O)(=O)c2ccccc2N1. The van der Waals surface area contributed by atoms with Crippen LogP contribution in [0.1, 0.15) is 5.56 Å². The Hall–Kier alpha value is -3.00. The maximum Gasteiger partial charge on any atom is 0.288 e. The average molecular weight is 357 g/mol. The lowest BCUT2D eigenvalue weighted by Crippen LogP contribution is -2.45. The molecule has 0 radical (unpaired) electrons. The number of sulfonamides is 1. The van der Waals surface area contributed by atoms with Crippen LogP contribution < -0.4 is 10.6 Å². The molecule has 0 fully saturated rings. The Morgan fingerprint density at radius 3 is 2.52 bits per heavy atom. The highest BCUT2D eigenvalue weighted by molar-refractivity contribution is 7.90. The van der Waals surface area contributed by atoms with Crippen LogP contribution in [0.3, 0.4) is 0 Å². The summed E-state index contributed by atoms with van der Waals surface area (Å²) in [6.45, 7) is 0. The smallest absolute Gasteiger partial charge is 0.288 e. The second kappa shape index (κ2) is 6.86. The van der Waals surface area contributed by atoms with E-state index in [0.717, 1.165) is 5.56 Å². The Morgan fingerprint density at radius 2 is 1.80 bits per heavy atom. The first-order valence-electron chi connectivity index (χ1n) is 7.51. The predicted molar refractivity (Wildman–Crippen MR) is 92.8 cm³/mol. The van der Waals surface area contributed by atoms with Crippen molar-refractivity contribution in [1.29, 1.82) is 0 Å². The summed E-state index contributed by atoms with van der Waals surface area (Å²) in [4.78, 5) is 23.6. The van der Waals surface area contributed by atoms with E-state index in [4.69, 9.17) is 0 Å². The molecule has 0 saturated heterocycles. The first-order valence-corrected chi connectivity index (χ1v) is 8.95. The summed E-state index contributed by atoms with van der Waals surface area (Å²) >= 11 is 0. The highest BCUT2D eigenvalue weighted by atomic mass is 32.2. The van der Waals surface area contributed by atoms with Crippen LogP contribution in [-0.4, -0.2) is 32.5 Å². The molecule has 128 valence electrons. The Kier molecular flexibility index (Phi) is 4.62. The second-order valence-corrected chi connectivity index (χ2v) is 7.01. The van der Waals surface area contributed by atoms with Crippen LogP contribution in [0.15, 0.2) is 63.9 Å². The minimum Gasteiger partial charge on any atom is -0.340 e. The quantitative estimate of drug-likeness (QED) is 0.781. The van der Waals surface area contributed by atoms with E-state index in [1.165, 1.54) is 12.1 Å². The first kappa shape index (κ1) is 16.8. The number of anilines is 1. The summed E-state index contributed by atoms with van der Waals surface area (Å²) in [5, 5.41) is 5.18. The van der Waals surface area contributed by atoms with E-state index in [-0.39, 0.29) is 16.4 Å². The van der Waals surface area contributed by atoms with Gasteiger partial charge in [-0.2, -0.15) is 8.42 Å². The fourth-order valence-electron chi connectivity index (χ4n) is 2.45. The van der Waals surface area contributed by atoms with Crippen molar-refractivity contribution in [2.24, 2.45) is 4.40 Å². The van der Waals surface area contributed by atoms with Gasteiger partial charge in [-0.25, -0.2) is 0 Å². The normalized spacial score (nSPS) is 15.9. The maximum absolute atomic E-state index is 12.3. The summed E-state index contributed by atoms with van der Waals surface area (Å²) < 4.78 is 27.8. The van der Waals surface area contributed by atoms with Crippen LogP contribution in [0.5, 0.6) is 0 Å². The van der Waals surface area contributed by atoms with Crippen molar-refractivity contribution in [3.63, 3.8) is 0 Å². The molecule has 0 aromatic heterocycles. The Bertz CT molecular complexity index is 939. The highest BCUT2D eigenvalue weighted by Crippen LogP contribution is 2.26. The molecule has 1 amide bonds. The number of rotatable bonds is 5. The highest BCUT2D eigenvalue weighted by Gasteiger charge is 2.28. The number of carbonyl (C=O) groups excluding carboxylic acids is 2. The van der Waals surface area contributed by atoms with Crippen molar-refractivity contribution in [2.45, 2.75) is 17.4 Å². The Labute approximate surface area is 144 Å². The van der Waals surface area contributed by atoms with Gasteiger partial charge in [0.25, 0.3) is 15.9 Å². The number of para-hydroxylation sites is 1. The number of amidine groups is 1. The molecule has 2 aromatic carbocycles. The zero-order valence-corrected chi connectivity index (χ0v) is 13.9. The van der Waals surface area contributed by atoms with Gasteiger partial charge in [-0.05, 0) is 24.1 Å². The summed E-state index contributed by atoms with van der Waals surface area (Å²) in [5.74, 6) is -1.12. The van der Waals surface area contributed by atoms with Crippen LogP contribution in [0.25, 0.3) is 0 Å². The van der Waals surface area contributed by atoms with E-state index >= 15 is 0 Å². The van der Waals surface area contributed by atoms with E-state index in [1.54, 1.807) is 12.1 Å². The number of aldehydes is 1. The molecule has 1 aliphatic rings. The van der Waals surface area contributed by atoms with Crippen LogP contribution in [0.2, 0.25) is 0 Å². The van der Waals surface area contributed by atoms with Gasteiger partial charge < -0.3 is 15.4 Å². The largest absolute Gasteiger partial charge is 0.340 e. The molecule has 0 unspecified atom stereocenters. The number of amides is 1. The summed E-state index contributed by atoms with van der Waals surface area (Å²) in [6, 6.07) is 14.5. The molecule has 0 spiro atoms. The van der Waals surface area contributed by atoms with Crippen molar-refractivity contribution >= 4 is 33.7 Å². The molecule has 3 rings (SSSR count). The molecule has 1 heterocycles. The van der Waals surface area contributed by atoms with E-state index in [9.17, 15) is 18.0 Å². The van der Waals surface area contributed by atoms with Crippen molar-refractivity contribution in [1.82, 2.24) is 5.32 Å². The number of nitrogens with zero attached hydrogens (tertiary/aromatic N) is 1. The number of fused-ring (bicyclic) bond motifs is 1. The zero-order valence-electron chi connectivity index (χ0n) is 13.0. The molecule has 25 heavy (non-hydrogen) atoms. The van der Waals surface area contributed by atoms with E-state index < -0.39 is 22.0 Å². The molecule has 0 bridgehead atoms. The number of hydrogen-bond donors (Lipinski definition) is 2. The van der Waals surface area contributed by atoms with Crippen LogP contribution in [0.4, 0.5) is 5.69 Å². The van der Waals surface area contributed by atoms with Gasteiger partial charge in [0.05, 0.1) is 11.7 Å². The molecule has 1 aliphatic heterocycles. The summed E-state index contributed by atoms with van der Waals surface area (Å²) in [6.07, 6.45) is 0.906. The second-order valence-electron chi connectivity index (χ2n) is 5.44. The Balaban J connectivity index is 1.77. The van der Waals surface area contributed by atoms with Crippen molar-refractivity contribution < 1.29 is 18.0 Å². The predicted octanol–water partition coefficient (Wildman–Crippen LogP) is 1.13. The molecule has 7 nitrogen and oxygen atoms in total. The summed E-state index contributed by atoms with van der Waals surface area (Å²) in [7, 11) is -3.96. The standard InChI is InChI=1S/C17H15N3O4S/c21-11-13(10-12-6-2-1-3-7-12)18-17(22)16-19-14-8-4-5-9-15(14)25(23,24)20-16/h1-9,11,13H,10H2,(H,18,22)(H,19,20)/t13-/m0/s1. The van der Waals surface area contributed by atoms with Gasteiger partial charge in [0.2, 0.25) is 5.84 Å². The molecule has 0 aliphatic carbocycles. The van der Waals surface area contributed by atoms with Gasteiger partial charge in [-0.3, -0.25) is 4.79 Å². The van der Waals surface area contributed by atoms with E-state index in [1.807, 2.05) is 30.3 Å². The molecule has 2 N–H and O–H groups in total. The van der Waals surface area contributed by atoms with Crippen LogP contribution >= 0.6 is 0 Å². The number of benzene rings is 2. The number of carbonyl (C=O) groups is 2. The van der Waals surface area contributed by atoms with Gasteiger partial charge >= 0.3 is 0 Å². The summed E-state index contributed by atoms with van der Waals surface area (Å²) in [5.41, 5.74) is 1.14. The average Bonchev–Trinajstić information content (AvgIpc) is 2.61. The molecule has 8 heteroatoms. The molecular formula is C17H15N3O4S. The fourth-order valence-corrected chi connectivity index (χ4v) is 3.57. The van der Waals surface area contributed by atoms with Gasteiger partial charge in [-0.15, -0.1) is 4.40 Å². The third-order valence-corrected chi connectivity index (χ3v) is 4.96. The van der Waals surface area contributed by atoms with Gasteiger partial charge in [0.15, 0.2) is 0 Å². The minimum absolute atomic E-state index is 0.00257. The van der Waals surface area contributed by atoms with Crippen LogP contribution in [0, 0.1) is 0 Å². The van der Waals surface area contributed by atoms with Crippen LogP contribution in [-0.2, 0) is 26.0 Å². The Morgan fingerprint density at radius 1 is 1.12 bits per heavy atom. The van der Waals surface area contributed by atoms with Gasteiger partial charge in [0.1, 0.15) is 11.2 Å². The van der Waals surface area contributed by atoms with E-state index in [0.29, 0.717) is 12.7 Å². The molecule has 0 saturated carbocycles. The molecule has 1 atom stereocenters. The van der Waals surface area contributed by atoms with E-state index in [2.05, 4.69) is 15.0 Å². The lowest BCUT2D eigenvalue weighted by atomic mass is 10.1. The first-order chi connectivity index (χ1) is 12.0. The number of hydrogen-bond acceptors (Lipinski definition) is 5. The third kappa shape index (κ3) is 3.74. The molecule has 2 aromatic rings. The topological polar surface area (TPSA) is 105 Å². The van der Waals surface area contributed by atoms with Gasteiger partial charge in [0, 0.05) is 0 Å². The maximum atomic E-state index is 12.3. The molecular weight excluding hydrogens is 342 g/mol. The van der Waals surface area contributed by atoms with Crippen molar-refractivity contribution in [2.75, 3.05) is 5.32 Å². The zero-order chi connectivity index (χ0) is 17.9. The van der Waals surface area contributed by atoms with Crippen molar-refractivity contribution in [3.8, 4) is 0 Å². The monoisotopic (exact) mass is 357 g/mol. The van der Waals surface area contributed by atoms with Gasteiger partial charge in [-0.1, -0.05) is 42.5 Å². The lowest BCUT2D eigenvalue weighted by Gasteiger charge is -2.19. The third-order valence-electron chi connectivity index (χ3n) is 3.62.